The van der Waals surface area contributed by atoms with Crippen LogP contribution in [0.4, 0.5) is 5.69 Å². The van der Waals surface area contributed by atoms with Crippen LogP contribution in [0.25, 0.3) is 10.9 Å². The molecule has 28 heavy (non-hydrogen) atoms. The minimum Gasteiger partial charge on any atom is -0.493 e. The summed E-state index contributed by atoms with van der Waals surface area (Å²) in [5, 5.41) is 18.4. The van der Waals surface area contributed by atoms with Crippen molar-refractivity contribution in [2.75, 3.05) is 19.8 Å². The first-order chi connectivity index (χ1) is 13.7. The molecule has 1 amide bonds. The van der Waals surface area contributed by atoms with Gasteiger partial charge in [0.15, 0.2) is 28.7 Å². The SMILES string of the molecule is O=C(N=Nc1c(O)[nH]c2cc3c(cc12)OCCO3)[C@@H]1COc2ccccc2O1. The van der Waals surface area contributed by atoms with Crippen LogP contribution >= 0.6 is 0 Å². The summed E-state index contributed by atoms with van der Waals surface area (Å²) in [6, 6.07) is 10.5. The number of aromatic hydroxyl groups is 1. The highest BCUT2D eigenvalue weighted by atomic mass is 16.6. The van der Waals surface area contributed by atoms with Gasteiger partial charge >= 0.3 is 5.91 Å². The lowest BCUT2D eigenvalue weighted by Gasteiger charge is -2.23. The van der Waals surface area contributed by atoms with E-state index >= 15 is 0 Å². The zero-order valence-electron chi connectivity index (χ0n) is 14.5. The number of benzene rings is 2. The Morgan fingerprint density at radius 1 is 1.04 bits per heavy atom. The molecule has 142 valence electrons. The van der Waals surface area contributed by atoms with Crippen LogP contribution in [0.15, 0.2) is 46.6 Å². The number of carbonyl (C=O) groups is 1. The third kappa shape index (κ3) is 2.77. The molecule has 3 aromatic rings. The molecule has 1 aromatic heterocycles. The number of fused-ring (bicyclic) bond motifs is 3. The number of azo groups is 1. The lowest BCUT2D eigenvalue weighted by Crippen LogP contribution is -2.35. The first-order valence-corrected chi connectivity index (χ1v) is 8.67. The number of aromatic amines is 1. The van der Waals surface area contributed by atoms with Crippen molar-refractivity contribution in [2.24, 2.45) is 10.2 Å². The Kier molecular flexibility index (Phi) is 3.78. The third-order valence-corrected chi connectivity index (χ3v) is 4.45. The van der Waals surface area contributed by atoms with Crippen LogP contribution in [0.1, 0.15) is 0 Å². The van der Waals surface area contributed by atoms with Gasteiger partial charge in [-0.2, -0.15) is 0 Å². The van der Waals surface area contributed by atoms with Crippen LogP contribution in [0.5, 0.6) is 28.9 Å². The van der Waals surface area contributed by atoms with E-state index in [0.717, 1.165) is 0 Å². The van der Waals surface area contributed by atoms with Crippen LogP contribution in [0.3, 0.4) is 0 Å². The second-order valence-corrected chi connectivity index (χ2v) is 6.27. The topological polar surface area (TPSA) is 115 Å². The Labute approximate surface area is 158 Å². The second-order valence-electron chi connectivity index (χ2n) is 6.27. The van der Waals surface area contributed by atoms with Gasteiger partial charge in [0.1, 0.15) is 19.8 Å². The number of carbonyl (C=O) groups excluding carboxylic acids is 1. The fraction of sp³-hybridized carbons (Fsp3) is 0.211. The van der Waals surface area contributed by atoms with E-state index in [1.165, 1.54) is 0 Å². The zero-order valence-corrected chi connectivity index (χ0v) is 14.5. The minimum atomic E-state index is -0.907. The van der Waals surface area contributed by atoms with Gasteiger partial charge < -0.3 is 29.0 Å². The Hall–Kier alpha value is -3.75. The molecule has 0 bridgehead atoms. The standard InChI is InChI=1S/C19H15N3O6/c23-18(16-9-27-12-3-1-2-4-13(12)28-16)22-21-17-10-7-14-15(26-6-5-25-14)8-11(10)20-19(17)24/h1-4,7-8,16,20,24H,5-6,9H2/t16-/m0/s1. The molecule has 0 fully saturated rings. The average molecular weight is 381 g/mol. The highest BCUT2D eigenvalue weighted by molar-refractivity contribution is 5.96. The Morgan fingerprint density at radius 3 is 2.61 bits per heavy atom. The lowest BCUT2D eigenvalue weighted by molar-refractivity contribution is -0.127. The van der Waals surface area contributed by atoms with Gasteiger partial charge in [-0.15, -0.1) is 10.2 Å². The molecule has 1 atom stereocenters. The van der Waals surface area contributed by atoms with Gasteiger partial charge in [0.25, 0.3) is 0 Å². The van der Waals surface area contributed by atoms with Crippen LogP contribution in [-0.4, -0.2) is 41.9 Å². The number of nitrogens with one attached hydrogen (secondary N) is 1. The number of ether oxygens (including phenoxy) is 4. The summed E-state index contributed by atoms with van der Waals surface area (Å²) in [4.78, 5) is 15.2. The number of hydrogen-bond acceptors (Lipinski definition) is 7. The van der Waals surface area contributed by atoms with Crippen molar-refractivity contribution in [1.29, 1.82) is 0 Å². The molecule has 0 spiro atoms. The summed E-state index contributed by atoms with van der Waals surface area (Å²) in [5.74, 6) is 1.35. The predicted octanol–water partition coefficient (Wildman–Crippen LogP) is 3.10. The van der Waals surface area contributed by atoms with Gasteiger partial charge in [-0.25, -0.2) is 0 Å². The fourth-order valence-corrected chi connectivity index (χ4v) is 3.11. The average Bonchev–Trinajstić information content (AvgIpc) is 3.03. The maximum absolute atomic E-state index is 12.4. The first kappa shape index (κ1) is 16.4. The molecule has 0 radical (unpaired) electrons. The van der Waals surface area contributed by atoms with Gasteiger partial charge in [-0.3, -0.25) is 4.79 Å². The maximum Gasteiger partial charge on any atom is 0.308 e. The largest absolute Gasteiger partial charge is 0.493 e. The molecule has 5 rings (SSSR count). The zero-order chi connectivity index (χ0) is 19.1. The summed E-state index contributed by atoms with van der Waals surface area (Å²) in [7, 11) is 0. The molecule has 2 aliphatic rings. The van der Waals surface area contributed by atoms with Crippen molar-refractivity contribution >= 4 is 22.5 Å². The number of nitrogens with zero attached hydrogens (tertiary/aromatic N) is 2. The molecular weight excluding hydrogens is 366 g/mol. The van der Waals surface area contributed by atoms with Crippen molar-refractivity contribution in [1.82, 2.24) is 4.98 Å². The minimum absolute atomic E-state index is 0.0351. The summed E-state index contributed by atoms with van der Waals surface area (Å²) < 4.78 is 22.2. The fourth-order valence-electron chi connectivity index (χ4n) is 3.11. The second kappa shape index (κ2) is 6.45. The predicted molar refractivity (Wildman–Crippen MR) is 96.8 cm³/mol. The molecule has 0 unspecified atom stereocenters. The third-order valence-electron chi connectivity index (χ3n) is 4.45. The molecule has 2 N–H and O–H groups in total. The van der Waals surface area contributed by atoms with Crippen LogP contribution in [0, 0.1) is 0 Å². The first-order valence-electron chi connectivity index (χ1n) is 8.67. The van der Waals surface area contributed by atoms with Crippen molar-refractivity contribution < 1.29 is 28.8 Å². The van der Waals surface area contributed by atoms with Crippen LogP contribution in [0.2, 0.25) is 0 Å². The van der Waals surface area contributed by atoms with E-state index in [4.69, 9.17) is 18.9 Å². The maximum atomic E-state index is 12.4. The van der Waals surface area contributed by atoms with E-state index < -0.39 is 12.0 Å². The lowest BCUT2D eigenvalue weighted by atomic mass is 10.2. The van der Waals surface area contributed by atoms with E-state index in [2.05, 4.69) is 15.2 Å². The molecule has 0 saturated carbocycles. The molecule has 3 heterocycles. The Morgan fingerprint density at radius 2 is 1.79 bits per heavy atom. The van der Waals surface area contributed by atoms with Gasteiger partial charge in [0.2, 0.25) is 12.0 Å². The van der Waals surface area contributed by atoms with E-state index in [9.17, 15) is 9.90 Å². The summed E-state index contributed by atoms with van der Waals surface area (Å²) >= 11 is 0. The van der Waals surface area contributed by atoms with E-state index in [0.29, 0.717) is 47.1 Å². The molecule has 0 saturated heterocycles. The molecule has 2 aliphatic heterocycles. The quantitative estimate of drug-likeness (QED) is 0.659. The normalized spacial score (nSPS) is 17.8. The van der Waals surface area contributed by atoms with Gasteiger partial charge in [-0.1, -0.05) is 12.1 Å². The molecule has 2 aromatic carbocycles. The Bertz CT molecular complexity index is 1110. The van der Waals surface area contributed by atoms with Crippen molar-refractivity contribution in [2.45, 2.75) is 6.10 Å². The van der Waals surface area contributed by atoms with Gasteiger partial charge in [0.05, 0.1) is 5.52 Å². The van der Waals surface area contributed by atoms with Crippen molar-refractivity contribution in [3.63, 3.8) is 0 Å². The molecule has 0 aliphatic carbocycles. The number of rotatable bonds is 2. The number of amides is 1. The smallest absolute Gasteiger partial charge is 0.308 e. The van der Waals surface area contributed by atoms with Crippen LogP contribution in [-0.2, 0) is 4.79 Å². The van der Waals surface area contributed by atoms with Crippen molar-refractivity contribution in [3.8, 4) is 28.9 Å². The Balaban J connectivity index is 1.41. The van der Waals surface area contributed by atoms with Crippen molar-refractivity contribution in [3.05, 3.63) is 36.4 Å². The summed E-state index contributed by atoms with van der Waals surface area (Å²) in [5.41, 5.74) is 0.728. The molecule has 9 nitrogen and oxygen atoms in total. The summed E-state index contributed by atoms with van der Waals surface area (Å²) in [6.45, 7) is 0.928. The highest BCUT2D eigenvalue weighted by Gasteiger charge is 2.27. The summed E-state index contributed by atoms with van der Waals surface area (Å²) in [6.07, 6.45) is -0.907. The monoisotopic (exact) mass is 381 g/mol. The van der Waals surface area contributed by atoms with E-state index in [-0.39, 0.29) is 18.2 Å². The van der Waals surface area contributed by atoms with E-state index in [1.54, 1.807) is 30.3 Å². The number of para-hydroxylation sites is 2. The number of H-pyrrole nitrogens is 1. The van der Waals surface area contributed by atoms with Gasteiger partial charge in [0, 0.05) is 11.5 Å². The van der Waals surface area contributed by atoms with Gasteiger partial charge in [-0.05, 0) is 18.2 Å². The molecule has 9 heteroatoms. The van der Waals surface area contributed by atoms with E-state index in [1.807, 2.05) is 6.07 Å². The number of hydrogen-bond donors (Lipinski definition) is 2. The molecular formula is C19H15N3O6. The van der Waals surface area contributed by atoms with Crippen LogP contribution < -0.4 is 18.9 Å². The number of aromatic nitrogens is 1. The highest BCUT2D eigenvalue weighted by Crippen LogP contribution is 2.42.